The number of nitrogens with one attached hydrogen (secondary N) is 1. The van der Waals surface area contributed by atoms with Crippen LogP contribution in [0.5, 0.6) is 0 Å². The first-order valence-electron chi connectivity index (χ1n) is 8.50. The molecule has 1 fully saturated rings. The van der Waals surface area contributed by atoms with Crippen molar-refractivity contribution in [2.24, 2.45) is 0 Å². The minimum atomic E-state index is 0.117. The molecule has 0 radical (unpaired) electrons. The van der Waals surface area contributed by atoms with E-state index in [1.807, 2.05) is 54.7 Å². The number of carbonyl (C=O) groups is 1. The van der Waals surface area contributed by atoms with Gasteiger partial charge in [0, 0.05) is 51.9 Å². The highest BCUT2D eigenvalue weighted by molar-refractivity contribution is 5.76. The van der Waals surface area contributed by atoms with Crippen LogP contribution in [-0.4, -0.2) is 48.5 Å². The fourth-order valence-corrected chi connectivity index (χ4v) is 2.89. The van der Waals surface area contributed by atoms with Crippen LogP contribution in [0.4, 0.5) is 5.82 Å². The van der Waals surface area contributed by atoms with Gasteiger partial charge in [0.15, 0.2) is 0 Å². The Morgan fingerprint density at radius 3 is 2.46 bits per heavy atom. The first kappa shape index (κ1) is 16.5. The maximum absolute atomic E-state index is 12.0. The average molecular weight is 324 g/mol. The Balaban J connectivity index is 1.35. The molecule has 0 atom stereocenters. The van der Waals surface area contributed by atoms with Crippen LogP contribution in [0.25, 0.3) is 0 Å². The SMILES string of the molecule is O=C(CCN1CCN(c2ccccn2)CC1)NCc1ccccc1. The second-order valence-corrected chi connectivity index (χ2v) is 6.03. The van der Waals surface area contributed by atoms with Gasteiger partial charge in [-0.1, -0.05) is 36.4 Å². The molecule has 5 heteroatoms. The Kier molecular flexibility index (Phi) is 5.80. The predicted molar refractivity (Wildman–Crippen MR) is 95.8 cm³/mol. The van der Waals surface area contributed by atoms with E-state index in [0.717, 1.165) is 44.1 Å². The third-order valence-corrected chi connectivity index (χ3v) is 4.33. The topological polar surface area (TPSA) is 48.5 Å². The Bertz CT molecular complexity index is 624. The summed E-state index contributed by atoms with van der Waals surface area (Å²) in [5.41, 5.74) is 1.13. The number of pyridine rings is 1. The Hall–Kier alpha value is -2.40. The van der Waals surface area contributed by atoms with Gasteiger partial charge < -0.3 is 10.2 Å². The predicted octanol–water partition coefficient (Wildman–Crippen LogP) is 1.91. The zero-order chi connectivity index (χ0) is 16.6. The average Bonchev–Trinajstić information content (AvgIpc) is 2.67. The molecule has 1 amide bonds. The van der Waals surface area contributed by atoms with Gasteiger partial charge in [-0.2, -0.15) is 0 Å². The van der Waals surface area contributed by atoms with Crippen LogP contribution in [0.2, 0.25) is 0 Å². The summed E-state index contributed by atoms with van der Waals surface area (Å²) >= 11 is 0. The van der Waals surface area contributed by atoms with Gasteiger partial charge in [0.25, 0.3) is 0 Å². The molecule has 2 aromatic rings. The van der Waals surface area contributed by atoms with Gasteiger partial charge in [-0.3, -0.25) is 9.69 Å². The molecule has 5 nitrogen and oxygen atoms in total. The first-order chi connectivity index (χ1) is 11.8. The van der Waals surface area contributed by atoms with E-state index in [1.54, 1.807) is 0 Å². The van der Waals surface area contributed by atoms with E-state index in [-0.39, 0.29) is 5.91 Å². The standard InChI is InChI=1S/C19H24N4O/c24-19(21-16-17-6-2-1-3-7-17)9-11-22-12-14-23(15-13-22)18-8-4-5-10-20-18/h1-8,10H,9,11-16H2,(H,21,24). The lowest BCUT2D eigenvalue weighted by Gasteiger charge is -2.35. The highest BCUT2D eigenvalue weighted by atomic mass is 16.1. The summed E-state index contributed by atoms with van der Waals surface area (Å²) in [7, 11) is 0. The molecule has 126 valence electrons. The van der Waals surface area contributed by atoms with E-state index in [2.05, 4.69) is 20.1 Å². The van der Waals surface area contributed by atoms with Crippen molar-refractivity contribution in [3.05, 3.63) is 60.3 Å². The molecule has 3 rings (SSSR count). The van der Waals surface area contributed by atoms with Gasteiger partial charge in [0.2, 0.25) is 5.91 Å². The van der Waals surface area contributed by atoms with Crippen LogP contribution in [0.15, 0.2) is 54.7 Å². The normalized spacial score (nSPS) is 15.2. The van der Waals surface area contributed by atoms with E-state index >= 15 is 0 Å². The Morgan fingerprint density at radius 2 is 1.75 bits per heavy atom. The van der Waals surface area contributed by atoms with Crippen LogP contribution in [0, 0.1) is 0 Å². The van der Waals surface area contributed by atoms with Crippen molar-refractivity contribution in [3.63, 3.8) is 0 Å². The Labute approximate surface area is 143 Å². The fourth-order valence-electron chi connectivity index (χ4n) is 2.89. The molecule has 1 aromatic carbocycles. The smallest absolute Gasteiger partial charge is 0.221 e. The van der Waals surface area contributed by atoms with Crippen LogP contribution in [0.1, 0.15) is 12.0 Å². The number of benzene rings is 1. The molecule has 1 saturated heterocycles. The first-order valence-corrected chi connectivity index (χ1v) is 8.50. The number of hydrogen-bond acceptors (Lipinski definition) is 4. The van der Waals surface area contributed by atoms with Crippen molar-refractivity contribution in [2.45, 2.75) is 13.0 Å². The molecule has 0 saturated carbocycles. The lowest BCUT2D eigenvalue weighted by Crippen LogP contribution is -2.47. The van der Waals surface area contributed by atoms with Crippen molar-refractivity contribution in [1.82, 2.24) is 15.2 Å². The van der Waals surface area contributed by atoms with Crippen LogP contribution in [-0.2, 0) is 11.3 Å². The summed E-state index contributed by atoms with van der Waals surface area (Å²) in [5.74, 6) is 1.16. The molecule has 0 spiro atoms. The quantitative estimate of drug-likeness (QED) is 0.882. The van der Waals surface area contributed by atoms with Crippen LogP contribution in [0.3, 0.4) is 0 Å². The molecule has 0 aliphatic carbocycles. The van der Waals surface area contributed by atoms with E-state index in [1.165, 1.54) is 0 Å². The fraction of sp³-hybridized carbons (Fsp3) is 0.368. The molecule has 1 aliphatic rings. The number of aromatic nitrogens is 1. The van der Waals surface area contributed by atoms with Gasteiger partial charge in [0.05, 0.1) is 0 Å². The van der Waals surface area contributed by atoms with E-state index in [0.29, 0.717) is 13.0 Å². The minimum Gasteiger partial charge on any atom is -0.354 e. The molecule has 1 N–H and O–H groups in total. The second-order valence-electron chi connectivity index (χ2n) is 6.03. The number of anilines is 1. The summed E-state index contributed by atoms with van der Waals surface area (Å²) < 4.78 is 0. The van der Waals surface area contributed by atoms with E-state index < -0.39 is 0 Å². The second kappa shape index (κ2) is 8.45. The summed E-state index contributed by atoms with van der Waals surface area (Å²) in [5, 5.41) is 2.99. The van der Waals surface area contributed by atoms with E-state index in [9.17, 15) is 4.79 Å². The number of hydrogen-bond donors (Lipinski definition) is 1. The molecule has 2 heterocycles. The van der Waals surface area contributed by atoms with Gasteiger partial charge >= 0.3 is 0 Å². The number of piperazine rings is 1. The van der Waals surface area contributed by atoms with Crippen LogP contribution < -0.4 is 10.2 Å². The number of rotatable bonds is 6. The molecule has 0 unspecified atom stereocenters. The molecule has 24 heavy (non-hydrogen) atoms. The van der Waals surface area contributed by atoms with Crippen molar-refractivity contribution >= 4 is 11.7 Å². The maximum atomic E-state index is 12.0. The third kappa shape index (κ3) is 4.80. The molecule has 1 aromatic heterocycles. The van der Waals surface area contributed by atoms with Crippen molar-refractivity contribution in [2.75, 3.05) is 37.6 Å². The lowest BCUT2D eigenvalue weighted by atomic mass is 10.2. The van der Waals surface area contributed by atoms with Crippen molar-refractivity contribution in [3.8, 4) is 0 Å². The summed E-state index contributed by atoms with van der Waals surface area (Å²) in [6.45, 7) is 5.29. The summed E-state index contributed by atoms with van der Waals surface area (Å²) in [4.78, 5) is 21.0. The number of amides is 1. The molecule has 1 aliphatic heterocycles. The summed E-state index contributed by atoms with van der Waals surface area (Å²) in [6, 6.07) is 16.0. The zero-order valence-corrected chi connectivity index (χ0v) is 13.9. The Morgan fingerprint density at radius 1 is 1.00 bits per heavy atom. The highest BCUT2D eigenvalue weighted by Crippen LogP contribution is 2.12. The lowest BCUT2D eigenvalue weighted by molar-refractivity contribution is -0.121. The van der Waals surface area contributed by atoms with Gasteiger partial charge in [0.1, 0.15) is 5.82 Å². The third-order valence-electron chi connectivity index (χ3n) is 4.33. The van der Waals surface area contributed by atoms with Crippen molar-refractivity contribution in [1.29, 1.82) is 0 Å². The van der Waals surface area contributed by atoms with Crippen molar-refractivity contribution < 1.29 is 4.79 Å². The van der Waals surface area contributed by atoms with E-state index in [4.69, 9.17) is 0 Å². The van der Waals surface area contributed by atoms with Gasteiger partial charge in [-0.25, -0.2) is 4.98 Å². The zero-order valence-electron chi connectivity index (χ0n) is 13.9. The molecular formula is C19H24N4O. The molecule has 0 bridgehead atoms. The number of nitrogens with zero attached hydrogens (tertiary/aromatic N) is 3. The monoisotopic (exact) mass is 324 g/mol. The highest BCUT2D eigenvalue weighted by Gasteiger charge is 2.18. The van der Waals surface area contributed by atoms with Gasteiger partial charge in [-0.15, -0.1) is 0 Å². The summed E-state index contributed by atoms with van der Waals surface area (Å²) in [6.07, 6.45) is 2.38. The minimum absolute atomic E-state index is 0.117. The van der Waals surface area contributed by atoms with Crippen LogP contribution >= 0.6 is 0 Å². The number of carbonyl (C=O) groups excluding carboxylic acids is 1. The van der Waals surface area contributed by atoms with Gasteiger partial charge in [-0.05, 0) is 17.7 Å². The maximum Gasteiger partial charge on any atom is 0.221 e. The largest absolute Gasteiger partial charge is 0.354 e. The molecular weight excluding hydrogens is 300 g/mol.